The Hall–Kier alpha value is -3.46. The Morgan fingerprint density at radius 1 is 1.11 bits per heavy atom. The van der Waals surface area contributed by atoms with E-state index in [4.69, 9.17) is 16.3 Å². The van der Waals surface area contributed by atoms with Crippen LogP contribution in [0.2, 0.25) is 5.02 Å². The summed E-state index contributed by atoms with van der Waals surface area (Å²) in [5.74, 6) is 1.24. The van der Waals surface area contributed by atoms with Crippen LogP contribution in [-0.2, 0) is 6.54 Å². The minimum absolute atomic E-state index is 0.0297. The van der Waals surface area contributed by atoms with Crippen LogP contribution < -0.4 is 15.4 Å². The van der Waals surface area contributed by atoms with Gasteiger partial charge in [0.1, 0.15) is 17.9 Å². The van der Waals surface area contributed by atoms with E-state index in [1.54, 1.807) is 19.2 Å². The fourth-order valence-corrected chi connectivity index (χ4v) is 2.38. The van der Waals surface area contributed by atoms with Crippen LogP contribution >= 0.6 is 11.6 Å². The molecule has 0 spiro atoms. The summed E-state index contributed by atoms with van der Waals surface area (Å²) in [6, 6.07) is 10.5. The molecule has 0 bridgehead atoms. The molecule has 3 rings (SSSR count). The lowest BCUT2D eigenvalue weighted by molar-refractivity contribution is -0.383. The van der Waals surface area contributed by atoms with Crippen molar-refractivity contribution in [3.05, 3.63) is 69.6 Å². The van der Waals surface area contributed by atoms with Crippen LogP contribution in [0.15, 0.2) is 48.9 Å². The molecule has 0 amide bonds. The van der Waals surface area contributed by atoms with Gasteiger partial charge in [0.05, 0.1) is 17.1 Å². The third kappa shape index (κ3) is 4.59. The first-order chi connectivity index (χ1) is 13.1. The Kier molecular flexibility index (Phi) is 5.62. The number of methoxy groups -OCH3 is 1. The molecule has 0 saturated carbocycles. The molecule has 0 aliphatic carbocycles. The number of hydrogen-bond donors (Lipinski definition) is 2. The van der Waals surface area contributed by atoms with Crippen LogP contribution in [0.4, 0.5) is 23.1 Å². The van der Waals surface area contributed by atoms with Crippen molar-refractivity contribution in [2.24, 2.45) is 0 Å². The van der Waals surface area contributed by atoms with Crippen molar-refractivity contribution in [2.45, 2.75) is 6.54 Å². The second-order valence-corrected chi connectivity index (χ2v) is 5.80. The summed E-state index contributed by atoms with van der Waals surface area (Å²) < 4.78 is 5.11. The molecule has 27 heavy (non-hydrogen) atoms. The van der Waals surface area contributed by atoms with Crippen molar-refractivity contribution >= 4 is 34.7 Å². The minimum Gasteiger partial charge on any atom is -0.497 e. The predicted molar refractivity (Wildman–Crippen MR) is 102 cm³/mol. The number of nitro groups is 1. The Labute approximate surface area is 159 Å². The number of anilines is 3. The van der Waals surface area contributed by atoms with E-state index in [0.29, 0.717) is 17.4 Å². The predicted octanol–water partition coefficient (Wildman–Crippen LogP) is 3.80. The molecule has 0 fully saturated rings. The van der Waals surface area contributed by atoms with Crippen LogP contribution in [0, 0.1) is 10.1 Å². The molecule has 2 N–H and O–H groups in total. The van der Waals surface area contributed by atoms with Crippen molar-refractivity contribution < 1.29 is 9.66 Å². The van der Waals surface area contributed by atoms with Crippen LogP contribution in [0.1, 0.15) is 5.56 Å². The second-order valence-electron chi connectivity index (χ2n) is 5.36. The van der Waals surface area contributed by atoms with Crippen molar-refractivity contribution in [1.82, 2.24) is 15.0 Å². The highest BCUT2D eigenvalue weighted by atomic mass is 35.5. The van der Waals surface area contributed by atoms with Crippen molar-refractivity contribution in [1.29, 1.82) is 0 Å². The summed E-state index contributed by atoms with van der Waals surface area (Å²) in [7, 11) is 1.58. The lowest BCUT2D eigenvalue weighted by Gasteiger charge is -2.10. The summed E-state index contributed by atoms with van der Waals surface area (Å²) in [5.41, 5.74) is 0.639. The van der Waals surface area contributed by atoms with E-state index in [2.05, 4.69) is 25.6 Å². The Morgan fingerprint density at radius 2 is 1.85 bits per heavy atom. The molecular weight excluding hydrogens is 372 g/mol. The molecule has 0 aliphatic heterocycles. The molecule has 9 nitrogen and oxygen atoms in total. The number of benzene rings is 1. The van der Waals surface area contributed by atoms with Crippen LogP contribution in [-0.4, -0.2) is 27.0 Å². The first-order valence-electron chi connectivity index (χ1n) is 7.81. The highest BCUT2D eigenvalue weighted by Gasteiger charge is 2.23. The summed E-state index contributed by atoms with van der Waals surface area (Å²) in [4.78, 5) is 23.0. The van der Waals surface area contributed by atoms with E-state index in [1.807, 2.05) is 24.3 Å². The average Bonchev–Trinajstić information content (AvgIpc) is 2.68. The average molecular weight is 387 g/mol. The van der Waals surface area contributed by atoms with Gasteiger partial charge in [0.25, 0.3) is 0 Å². The molecule has 138 valence electrons. The van der Waals surface area contributed by atoms with Gasteiger partial charge < -0.3 is 15.4 Å². The molecule has 0 aliphatic rings. The highest BCUT2D eigenvalue weighted by Crippen LogP contribution is 2.31. The highest BCUT2D eigenvalue weighted by molar-refractivity contribution is 6.30. The van der Waals surface area contributed by atoms with Crippen LogP contribution in [0.25, 0.3) is 0 Å². The largest absolute Gasteiger partial charge is 0.497 e. The normalized spacial score (nSPS) is 10.3. The van der Waals surface area contributed by atoms with Gasteiger partial charge in [0, 0.05) is 12.7 Å². The first kappa shape index (κ1) is 18.3. The zero-order valence-corrected chi connectivity index (χ0v) is 15.0. The maximum Gasteiger partial charge on any atom is 0.353 e. The molecule has 0 radical (unpaired) electrons. The lowest BCUT2D eigenvalue weighted by atomic mass is 10.2. The van der Waals surface area contributed by atoms with Crippen LogP contribution in [0.5, 0.6) is 5.75 Å². The second kappa shape index (κ2) is 8.28. The fraction of sp³-hybridized carbons (Fsp3) is 0.118. The summed E-state index contributed by atoms with van der Waals surface area (Å²) >= 11 is 5.80. The number of ether oxygens (including phenoxy) is 1. The van der Waals surface area contributed by atoms with Gasteiger partial charge in [-0.2, -0.15) is 0 Å². The van der Waals surface area contributed by atoms with E-state index in [9.17, 15) is 10.1 Å². The number of nitrogens with one attached hydrogen (secondary N) is 2. The van der Waals surface area contributed by atoms with E-state index in [0.717, 1.165) is 11.3 Å². The molecule has 1 aromatic carbocycles. The smallest absolute Gasteiger partial charge is 0.353 e. The van der Waals surface area contributed by atoms with Gasteiger partial charge in [-0.25, -0.2) is 15.0 Å². The summed E-state index contributed by atoms with van der Waals surface area (Å²) in [6.45, 7) is 0.348. The van der Waals surface area contributed by atoms with Crippen LogP contribution in [0.3, 0.4) is 0 Å². The van der Waals surface area contributed by atoms with E-state index in [1.165, 1.54) is 12.5 Å². The Balaban J connectivity index is 1.81. The topological polar surface area (TPSA) is 115 Å². The molecular formula is C17H15ClN6O3. The number of hydrogen-bond acceptors (Lipinski definition) is 8. The number of pyridine rings is 1. The van der Waals surface area contributed by atoms with Gasteiger partial charge in [-0.3, -0.25) is 10.1 Å². The Bertz CT molecular complexity index is 934. The van der Waals surface area contributed by atoms with Crippen molar-refractivity contribution in [3.63, 3.8) is 0 Å². The zero-order chi connectivity index (χ0) is 19.2. The molecule has 10 heteroatoms. The molecule has 2 heterocycles. The molecule has 2 aromatic heterocycles. The van der Waals surface area contributed by atoms with Gasteiger partial charge in [-0.15, -0.1) is 0 Å². The number of halogens is 1. The standard InChI is InChI=1S/C17H15ClN6O3/c1-27-13-5-2-11(3-6-13)8-20-16-15(24(25)26)17(22-10-21-16)23-14-7-4-12(18)9-19-14/h2-7,9-10H,8H2,1H3,(H2,19,20,21,22,23). The molecule has 3 aromatic rings. The van der Waals surface area contributed by atoms with Gasteiger partial charge in [-0.05, 0) is 29.8 Å². The maximum atomic E-state index is 11.6. The minimum atomic E-state index is -0.547. The van der Waals surface area contributed by atoms with Gasteiger partial charge in [-0.1, -0.05) is 23.7 Å². The third-order valence-corrected chi connectivity index (χ3v) is 3.82. The molecule has 0 saturated heterocycles. The lowest BCUT2D eigenvalue weighted by Crippen LogP contribution is -2.08. The number of nitrogens with zero attached hydrogens (tertiary/aromatic N) is 4. The zero-order valence-electron chi connectivity index (χ0n) is 14.2. The van der Waals surface area contributed by atoms with E-state index in [-0.39, 0.29) is 17.3 Å². The number of rotatable bonds is 7. The fourth-order valence-electron chi connectivity index (χ4n) is 2.27. The van der Waals surface area contributed by atoms with Crippen molar-refractivity contribution in [3.8, 4) is 5.75 Å². The van der Waals surface area contributed by atoms with E-state index >= 15 is 0 Å². The third-order valence-electron chi connectivity index (χ3n) is 3.60. The maximum absolute atomic E-state index is 11.6. The monoisotopic (exact) mass is 386 g/mol. The number of aromatic nitrogens is 3. The van der Waals surface area contributed by atoms with Gasteiger partial charge in [0.2, 0.25) is 11.6 Å². The van der Waals surface area contributed by atoms with Gasteiger partial charge >= 0.3 is 5.69 Å². The molecule has 0 unspecified atom stereocenters. The van der Waals surface area contributed by atoms with E-state index < -0.39 is 4.92 Å². The summed E-state index contributed by atoms with van der Waals surface area (Å²) in [5, 5.41) is 17.8. The Morgan fingerprint density at radius 3 is 2.48 bits per heavy atom. The summed E-state index contributed by atoms with van der Waals surface area (Å²) in [6.07, 6.45) is 2.67. The molecule has 0 atom stereocenters. The quantitative estimate of drug-likeness (QED) is 0.465. The first-order valence-corrected chi connectivity index (χ1v) is 8.19. The van der Waals surface area contributed by atoms with Crippen molar-refractivity contribution in [2.75, 3.05) is 17.7 Å². The SMILES string of the molecule is COc1ccc(CNc2ncnc(Nc3ccc(Cl)cn3)c2[N+](=O)[O-])cc1. The van der Waals surface area contributed by atoms with Gasteiger partial charge in [0.15, 0.2) is 0 Å².